The molecule has 1 aliphatic heterocycles. The largest absolute Gasteiger partial charge is 0.457 e. The highest BCUT2D eigenvalue weighted by molar-refractivity contribution is 14.1. The SMILES string of the molecule is O=C1OCc2ccc(NS(=O)(=O)c3ccc(I)cc3)cc21. The topological polar surface area (TPSA) is 72.5 Å². The molecule has 1 aliphatic rings. The second kappa shape index (κ2) is 5.30. The minimum absolute atomic E-state index is 0.172. The summed E-state index contributed by atoms with van der Waals surface area (Å²) < 4.78 is 32.8. The van der Waals surface area contributed by atoms with Crippen LogP contribution in [0.1, 0.15) is 15.9 Å². The molecule has 0 saturated heterocycles. The van der Waals surface area contributed by atoms with Crippen LogP contribution in [0.5, 0.6) is 0 Å². The fourth-order valence-corrected chi connectivity index (χ4v) is 3.41. The lowest BCUT2D eigenvalue weighted by Gasteiger charge is -2.08. The Morgan fingerprint density at radius 3 is 2.52 bits per heavy atom. The molecule has 1 heterocycles. The molecule has 2 aromatic rings. The lowest BCUT2D eigenvalue weighted by Crippen LogP contribution is -2.13. The van der Waals surface area contributed by atoms with E-state index in [-0.39, 0.29) is 11.5 Å². The van der Waals surface area contributed by atoms with E-state index < -0.39 is 16.0 Å². The first kappa shape index (κ1) is 14.3. The third kappa shape index (κ3) is 2.88. The molecule has 21 heavy (non-hydrogen) atoms. The van der Waals surface area contributed by atoms with Gasteiger partial charge in [0.05, 0.1) is 10.5 Å². The number of rotatable bonds is 3. The first-order chi connectivity index (χ1) is 9.95. The first-order valence-electron chi connectivity index (χ1n) is 6.04. The monoisotopic (exact) mass is 415 g/mol. The number of ether oxygens (including phenoxy) is 1. The highest BCUT2D eigenvalue weighted by atomic mass is 127. The molecule has 0 radical (unpaired) electrons. The Hall–Kier alpha value is -1.61. The van der Waals surface area contributed by atoms with Gasteiger partial charge < -0.3 is 4.74 Å². The normalized spacial score (nSPS) is 13.7. The summed E-state index contributed by atoms with van der Waals surface area (Å²) in [6.07, 6.45) is 0. The van der Waals surface area contributed by atoms with Crippen LogP contribution < -0.4 is 4.72 Å². The van der Waals surface area contributed by atoms with Crippen LogP contribution in [-0.2, 0) is 21.4 Å². The zero-order chi connectivity index (χ0) is 15.0. The second-order valence-electron chi connectivity index (χ2n) is 4.51. The Kier molecular flexibility index (Phi) is 3.62. The number of carbonyl (C=O) groups is 1. The molecule has 0 fully saturated rings. The Labute approximate surface area is 135 Å². The van der Waals surface area contributed by atoms with E-state index in [2.05, 4.69) is 27.3 Å². The fourth-order valence-electron chi connectivity index (χ4n) is 2.00. The third-order valence-electron chi connectivity index (χ3n) is 3.06. The van der Waals surface area contributed by atoms with Crippen LogP contribution in [0.4, 0.5) is 5.69 Å². The smallest absolute Gasteiger partial charge is 0.338 e. The van der Waals surface area contributed by atoms with Crippen molar-refractivity contribution in [3.63, 3.8) is 0 Å². The number of hydrogen-bond acceptors (Lipinski definition) is 4. The summed E-state index contributed by atoms with van der Waals surface area (Å²) >= 11 is 2.10. The van der Waals surface area contributed by atoms with E-state index >= 15 is 0 Å². The summed E-state index contributed by atoms with van der Waals surface area (Å²) in [5.74, 6) is -0.430. The highest BCUT2D eigenvalue weighted by Gasteiger charge is 2.22. The molecule has 0 atom stereocenters. The second-order valence-corrected chi connectivity index (χ2v) is 7.44. The van der Waals surface area contributed by atoms with Crippen molar-refractivity contribution >= 4 is 44.3 Å². The summed E-state index contributed by atoms with van der Waals surface area (Å²) in [7, 11) is -3.67. The van der Waals surface area contributed by atoms with E-state index in [1.165, 1.54) is 18.2 Å². The number of nitrogens with one attached hydrogen (secondary N) is 1. The fraction of sp³-hybridized carbons (Fsp3) is 0.0714. The molecule has 0 spiro atoms. The Morgan fingerprint density at radius 1 is 1.10 bits per heavy atom. The van der Waals surface area contributed by atoms with E-state index in [4.69, 9.17) is 4.74 Å². The van der Waals surface area contributed by atoms with Crippen molar-refractivity contribution in [3.8, 4) is 0 Å². The van der Waals surface area contributed by atoms with Gasteiger partial charge in [-0.05, 0) is 59.0 Å². The molecule has 0 saturated carbocycles. The minimum atomic E-state index is -3.67. The highest BCUT2D eigenvalue weighted by Crippen LogP contribution is 2.25. The maximum atomic E-state index is 12.3. The number of carbonyl (C=O) groups excluding carboxylic acids is 1. The van der Waals surface area contributed by atoms with Gasteiger partial charge in [0, 0.05) is 14.8 Å². The molecule has 0 amide bonds. The lowest BCUT2D eigenvalue weighted by atomic mass is 10.1. The zero-order valence-electron chi connectivity index (χ0n) is 10.7. The van der Waals surface area contributed by atoms with Gasteiger partial charge in [0.15, 0.2) is 0 Å². The molecule has 2 aromatic carbocycles. The molecule has 0 unspecified atom stereocenters. The first-order valence-corrected chi connectivity index (χ1v) is 8.60. The van der Waals surface area contributed by atoms with Gasteiger partial charge in [-0.3, -0.25) is 4.72 Å². The molecule has 3 rings (SSSR count). The Balaban J connectivity index is 1.91. The quantitative estimate of drug-likeness (QED) is 0.618. The van der Waals surface area contributed by atoms with Gasteiger partial charge in [-0.2, -0.15) is 0 Å². The van der Waals surface area contributed by atoms with Gasteiger partial charge in [-0.25, -0.2) is 13.2 Å². The molecule has 0 aliphatic carbocycles. The summed E-state index contributed by atoms with van der Waals surface area (Å²) in [6, 6.07) is 11.3. The van der Waals surface area contributed by atoms with Crippen LogP contribution in [-0.4, -0.2) is 14.4 Å². The van der Waals surface area contributed by atoms with Gasteiger partial charge >= 0.3 is 5.97 Å². The molecular weight excluding hydrogens is 405 g/mol. The number of sulfonamides is 1. The predicted octanol–water partition coefficient (Wildman–Crippen LogP) is 2.76. The van der Waals surface area contributed by atoms with E-state index in [1.807, 2.05) is 0 Å². The number of cyclic esters (lactones) is 1. The molecule has 5 nitrogen and oxygen atoms in total. The van der Waals surface area contributed by atoms with Crippen LogP contribution in [0.25, 0.3) is 0 Å². The Bertz CT molecular complexity index is 815. The van der Waals surface area contributed by atoms with E-state index in [9.17, 15) is 13.2 Å². The van der Waals surface area contributed by atoms with Crippen LogP contribution in [0.2, 0.25) is 0 Å². The van der Waals surface area contributed by atoms with E-state index in [1.54, 1.807) is 24.3 Å². The summed E-state index contributed by atoms with van der Waals surface area (Å²) in [5, 5.41) is 0. The minimum Gasteiger partial charge on any atom is -0.457 e. The maximum absolute atomic E-state index is 12.3. The number of anilines is 1. The molecule has 7 heteroatoms. The van der Waals surface area contributed by atoms with Crippen molar-refractivity contribution < 1.29 is 17.9 Å². The van der Waals surface area contributed by atoms with Crippen molar-refractivity contribution in [1.82, 2.24) is 0 Å². The number of esters is 1. The molecule has 108 valence electrons. The van der Waals surface area contributed by atoms with Crippen molar-refractivity contribution in [1.29, 1.82) is 0 Å². The lowest BCUT2D eigenvalue weighted by molar-refractivity contribution is 0.0535. The number of fused-ring (bicyclic) bond motifs is 1. The average Bonchev–Trinajstić information content (AvgIpc) is 2.80. The predicted molar refractivity (Wildman–Crippen MR) is 85.5 cm³/mol. The van der Waals surface area contributed by atoms with Gasteiger partial charge in [-0.1, -0.05) is 6.07 Å². The van der Waals surface area contributed by atoms with Gasteiger partial charge in [-0.15, -0.1) is 0 Å². The maximum Gasteiger partial charge on any atom is 0.338 e. The van der Waals surface area contributed by atoms with Crippen LogP contribution in [0.15, 0.2) is 47.4 Å². The molecular formula is C14H10INO4S. The third-order valence-corrected chi connectivity index (χ3v) is 5.18. The standard InChI is InChI=1S/C14H10INO4S/c15-10-2-5-12(6-3-10)21(18,19)16-11-4-1-9-8-20-14(17)13(9)7-11/h1-7,16H,8H2. The van der Waals surface area contributed by atoms with Crippen LogP contribution >= 0.6 is 22.6 Å². The number of halogens is 1. The van der Waals surface area contributed by atoms with Crippen molar-refractivity contribution in [2.75, 3.05) is 4.72 Å². The molecule has 1 N–H and O–H groups in total. The molecule has 0 aromatic heterocycles. The van der Waals surface area contributed by atoms with E-state index in [0.717, 1.165) is 9.13 Å². The zero-order valence-corrected chi connectivity index (χ0v) is 13.6. The van der Waals surface area contributed by atoms with Gasteiger partial charge in [0.1, 0.15) is 6.61 Å². The molecule has 0 bridgehead atoms. The van der Waals surface area contributed by atoms with E-state index in [0.29, 0.717) is 11.3 Å². The Morgan fingerprint density at radius 2 is 1.81 bits per heavy atom. The number of hydrogen-bond donors (Lipinski definition) is 1. The van der Waals surface area contributed by atoms with Gasteiger partial charge in [0.2, 0.25) is 0 Å². The van der Waals surface area contributed by atoms with Crippen LogP contribution in [0.3, 0.4) is 0 Å². The summed E-state index contributed by atoms with van der Waals surface area (Å²) in [6.45, 7) is 0.234. The average molecular weight is 415 g/mol. The van der Waals surface area contributed by atoms with Crippen molar-refractivity contribution in [2.45, 2.75) is 11.5 Å². The van der Waals surface area contributed by atoms with Crippen LogP contribution in [0, 0.1) is 3.57 Å². The summed E-state index contributed by atoms with van der Waals surface area (Å²) in [4.78, 5) is 11.7. The number of benzene rings is 2. The van der Waals surface area contributed by atoms with Crippen molar-refractivity contribution in [3.05, 3.63) is 57.2 Å². The van der Waals surface area contributed by atoms with Crippen molar-refractivity contribution in [2.24, 2.45) is 0 Å². The van der Waals surface area contributed by atoms with Gasteiger partial charge in [0.25, 0.3) is 10.0 Å². The summed E-state index contributed by atoms with van der Waals surface area (Å²) in [5.41, 5.74) is 1.50.